The van der Waals surface area contributed by atoms with Gasteiger partial charge < -0.3 is 31.1 Å². The lowest BCUT2D eigenvalue weighted by atomic mass is 10.0. The average molecular weight is 344 g/mol. The van der Waals surface area contributed by atoms with Crippen molar-refractivity contribution in [3.63, 3.8) is 0 Å². The number of nitrogens with two attached hydrogens (primary N) is 2. The number of aliphatic hydroxyl groups excluding tert-OH is 1. The molecule has 0 spiro atoms. The highest BCUT2D eigenvalue weighted by molar-refractivity contribution is 5.77. The fourth-order valence-corrected chi connectivity index (χ4v) is 2.48. The lowest BCUT2D eigenvalue weighted by Crippen LogP contribution is -2.83. The second-order valence-electron chi connectivity index (χ2n) is 6.54. The van der Waals surface area contributed by atoms with Crippen LogP contribution in [0, 0.1) is 14.1 Å². The van der Waals surface area contributed by atoms with Gasteiger partial charge in [-0.3, -0.25) is 9.59 Å². The van der Waals surface area contributed by atoms with E-state index >= 15 is 0 Å². The summed E-state index contributed by atoms with van der Waals surface area (Å²) in [5, 5.41) is 19.1. The highest BCUT2D eigenvalue weighted by Crippen LogP contribution is 2.18. The van der Waals surface area contributed by atoms with Crippen LogP contribution in [-0.2, 0) is 14.3 Å². The molecule has 1 rings (SSSR count). The van der Waals surface area contributed by atoms with E-state index in [9.17, 15) is 14.7 Å². The molecule has 24 heavy (non-hydrogen) atoms. The maximum atomic E-state index is 11.9. The molecule has 0 radical (unpaired) electrons. The molecule has 1 fully saturated rings. The molecule has 8 heteroatoms. The van der Waals surface area contributed by atoms with Crippen LogP contribution in [0.3, 0.4) is 0 Å². The van der Waals surface area contributed by atoms with Gasteiger partial charge in [0.05, 0.1) is 37.1 Å². The van der Waals surface area contributed by atoms with Crippen LogP contribution in [0.5, 0.6) is 0 Å². The number of hydrogen-bond acceptors (Lipinski definition) is 4. The summed E-state index contributed by atoms with van der Waals surface area (Å²) >= 11 is 0. The van der Waals surface area contributed by atoms with Crippen molar-refractivity contribution in [1.82, 2.24) is 10.6 Å². The van der Waals surface area contributed by atoms with Gasteiger partial charge >= 0.3 is 0 Å². The number of nitrogens with one attached hydrogen (secondary N) is 2. The second kappa shape index (κ2) is 10.6. The summed E-state index contributed by atoms with van der Waals surface area (Å²) < 4.78 is 5.50. The Morgan fingerprint density at radius 2 is 1.75 bits per heavy atom. The molecule has 1 heterocycles. The van der Waals surface area contributed by atoms with E-state index in [2.05, 4.69) is 24.7 Å². The van der Waals surface area contributed by atoms with Gasteiger partial charge in [0.25, 0.3) is 0 Å². The Labute approximate surface area is 144 Å². The molecule has 2 amide bonds. The van der Waals surface area contributed by atoms with E-state index in [0.717, 1.165) is 0 Å². The van der Waals surface area contributed by atoms with E-state index in [1.54, 1.807) is 10.6 Å². The third-order valence-electron chi connectivity index (χ3n) is 4.17. The van der Waals surface area contributed by atoms with Crippen molar-refractivity contribution in [2.45, 2.75) is 70.1 Å². The molecule has 0 aromatic heterocycles. The summed E-state index contributed by atoms with van der Waals surface area (Å²) in [6.07, 6.45) is 0.695. The van der Waals surface area contributed by atoms with E-state index in [1.165, 1.54) is 0 Å². The molecule has 0 saturated carbocycles. The van der Waals surface area contributed by atoms with Crippen LogP contribution in [0.25, 0.3) is 0 Å². The lowest BCUT2D eigenvalue weighted by Gasteiger charge is -2.34. The molecule has 0 aromatic carbocycles. The predicted molar refractivity (Wildman–Crippen MR) is 87.8 cm³/mol. The summed E-state index contributed by atoms with van der Waals surface area (Å²) in [6.45, 7) is 4.19. The molecule has 1 aliphatic heterocycles. The Bertz CT molecular complexity index is 408. The number of quaternary nitrogens is 2. The van der Waals surface area contributed by atoms with Gasteiger partial charge in [-0.05, 0) is 26.7 Å². The van der Waals surface area contributed by atoms with Crippen molar-refractivity contribution < 1.29 is 30.1 Å². The topological polar surface area (TPSA) is 121 Å². The van der Waals surface area contributed by atoms with Crippen LogP contribution < -0.4 is 21.3 Å². The molecular formula is C16H32N4O4. The Balaban J connectivity index is 2.30. The van der Waals surface area contributed by atoms with Crippen molar-refractivity contribution in [2.24, 2.45) is 0 Å². The fourth-order valence-electron chi connectivity index (χ4n) is 2.48. The van der Waals surface area contributed by atoms with Crippen LogP contribution >= 0.6 is 0 Å². The highest BCUT2D eigenvalue weighted by atomic mass is 16.6. The average Bonchev–Trinajstić information content (AvgIpc) is 2.54. The first kappa shape index (κ1) is 20.8. The van der Waals surface area contributed by atoms with Gasteiger partial charge in [-0.2, -0.15) is 14.1 Å². The quantitative estimate of drug-likeness (QED) is 0.293. The van der Waals surface area contributed by atoms with Crippen LogP contribution in [0.4, 0.5) is 0 Å². The molecule has 0 bridgehead atoms. The van der Waals surface area contributed by atoms with Gasteiger partial charge in [-0.25, -0.2) is 0 Å². The third-order valence-corrected chi connectivity index (χ3v) is 4.17. The summed E-state index contributed by atoms with van der Waals surface area (Å²) in [7, 11) is 7.30. The van der Waals surface area contributed by atoms with E-state index in [-0.39, 0.29) is 30.0 Å². The van der Waals surface area contributed by atoms with Crippen molar-refractivity contribution >= 4 is 11.8 Å². The second-order valence-corrected chi connectivity index (χ2v) is 6.54. The molecule has 1 saturated heterocycles. The maximum absolute atomic E-state index is 11.9. The lowest BCUT2D eigenvalue weighted by molar-refractivity contribution is -0.629. The van der Waals surface area contributed by atoms with Gasteiger partial charge in [0.1, 0.15) is 0 Å². The maximum Gasteiger partial charge on any atom is 0.226 e. The van der Waals surface area contributed by atoms with Gasteiger partial charge in [0.15, 0.2) is 6.29 Å². The number of hydrogen-bond donors (Lipinski definition) is 5. The van der Waals surface area contributed by atoms with Crippen LogP contribution in [0.2, 0.25) is 0 Å². The molecule has 140 valence electrons. The van der Waals surface area contributed by atoms with Crippen LogP contribution in [0.15, 0.2) is 0 Å². The fraction of sp³-hybridized carbons (Fsp3) is 0.750. The summed E-state index contributed by atoms with van der Waals surface area (Å²) in [4.78, 5) is 23.6. The number of carbonyl (C=O) groups is 2. The summed E-state index contributed by atoms with van der Waals surface area (Å²) in [5.41, 5.74) is 0. The van der Waals surface area contributed by atoms with Crippen molar-refractivity contribution in [2.75, 3.05) is 6.54 Å². The van der Waals surface area contributed by atoms with Gasteiger partial charge in [0, 0.05) is 6.54 Å². The number of carbonyl (C=O) groups excluding carboxylic acids is 2. The van der Waals surface area contributed by atoms with E-state index < -0.39 is 12.3 Å². The minimum atomic E-state index is -1.06. The first-order valence-electron chi connectivity index (χ1n) is 8.50. The zero-order valence-electron chi connectivity index (χ0n) is 14.7. The molecular weight excluding hydrogens is 312 g/mol. The van der Waals surface area contributed by atoms with Crippen molar-refractivity contribution in [3.05, 3.63) is 14.1 Å². The molecule has 1 aliphatic rings. The molecule has 0 aromatic rings. The molecule has 0 aliphatic carbocycles. The minimum absolute atomic E-state index is 0.0608. The third kappa shape index (κ3) is 7.57. The SMILES string of the molecule is [CH2-][NH2+][C@H](C)CC(=O)NC[C@@H]1CC[C@H](NC(=O)C[C@@H](C)[NH2+][CH2-])[C@H](O)O1. The smallest absolute Gasteiger partial charge is 0.226 e. The summed E-state index contributed by atoms with van der Waals surface area (Å²) in [5.74, 6) is -0.186. The first-order valence-corrected chi connectivity index (χ1v) is 8.50. The Morgan fingerprint density at radius 3 is 2.29 bits per heavy atom. The number of ether oxygens (including phenoxy) is 1. The van der Waals surface area contributed by atoms with Crippen molar-refractivity contribution in [3.8, 4) is 0 Å². The van der Waals surface area contributed by atoms with Crippen LogP contribution in [-0.4, -0.2) is 54.0 Å². The Kier molecular flexibility index (Phi) is 9.20. The zero-order valence-corrected chi connectivity index (χ0v) is 14.7. The first-order chi connectivity index (χ1) is 11.3. The highest BCUT2D eigenvalue weighted by Gasteiger charge is 2.31. The van der Waals surface area contributed by atoms with E-state index in [4.69, 9.17) is 4.74 Å². The van der Waals surface area contributed by atoms with Crippen LogP contribution in [0.1, 0.15) is 39.5 Å². The van der Waals surface area contributed by atoms with Gasteiger partial charge in [-0.15, -0.1) is 0 Å². The molecule has 7 N–H and O–H groups in total. The Hall–Kier alpha value is -1.22. The molecule has 0 unspecified atom stereocenters. The van der Waals surface area contributed by atoms with Gasteiger partial charge in [-0.1, -0.05) is 0 Å². The van der Waals surface area contributed by atoms with E-state index in [1.807, 2.05) is 13.8 Å². The van der Waals surface area contributed by atoms with Gasteiger partial charge in [0.2, 0.25) is 11.8 Å². The number of amides is 2. The standard InChI is InChI=1S/C16H32N4O4/c1-10(17-3)7-14(21)19-9-12-5-6-13(16(23)24-12)20-15(22)8-11(2)18-4/h10-13,16,23H,3-9,17-18H2,1-2H3,(H,19,21)(H,20,22)/t10-,11-,12+,13+,16-/m1/s1. The normalized spacial score (nSPS) is 26.5. The van der Waals surface area contributed by atoms with E-state index in [0.29, 0.717) is 32.2 Å². The number of rotatable bonds is 9. The largest absolute Gasteiger partial charge is 0.476 e. The predicted octanol–water partition coefficient (Wildman–Crippen LogP) is -2.65. The number of aliphatic hydroxyl groups is 1. The monoisotopic (exact) mass is 344 g/mol. The van der Waals surface area contributed by atoms with Crippen molar-refractivity contribution in [1.29, 1.82) is 0 Å². The Morgan fingerprint density at radius 1 is 1.17 bits per heavy atom. The molecule has 8 nitrogen and oxygen atoms in total. The summed E-state index contributed by atoms with van der Waals surface area (Å²) in [6, 6.07) is -0.199. The molecule has 5 atom stereocenters. The minimum Gasteiger partial charge on any atom is -0.476 e. The zero-order chi connectivity index (χ0) is 18.1.